The molecule has 0 saturated heterocycles. The molecule has 0 fully saturated rings. The van der Waals surface area contributed by atoms with Crippen LogP contribution in [0.5, 0.6) is 11.5 Å². The first-order chi connectivity index (χ1) is 15.7. The summed E-state index contributed by atoms with van der Waals surface area (Å²) in [5.41, 5.74) is 5.89. The summed E-state index contributed by atoms with van der Waals surface area (Å²) in [5.74, 6) is 2.66. The first kappa shape index (κ1) is 20.4. The second kappa shape index (κ2) is 8.96. The lowest BCUT2D eigenvalue weighted by molar-refractivity contribution is 0.296. The Kier molecular flexibility index (Phi) is 5.72. The Morgan fingerprint density at radius 2 is 1.78 bits per heavy atom. The molecule has 1 heterocycles. The van der Waals surface area contributed by atoms with Gasteiger partial charge in [-0.15, -0.1) is 0 Å². The highest BCUT2D eigenvalue weighted by molar-refractivity contribution is 5.62. The molecule has 3 aromatic rings. The van der Waals surface area contributed by atoms with Gasteiger partial charge in [-0.3, -0.25) is 0 Å². The van der Waals surface area contributed by atoms with Crippen LogP contribution in [-0.4, -0.2) is 6.61 Å². The van der Waals surface area contributed by atoms with Crippen molar-refractivity contribution in [3.63, 3.8) is 0 Å². The monoisotopic (exact) mass is 423 g/mol. The van der Waals surface area contributed by atoms with Gasteiger partial charge in [0.1, 0.15) is 24.7 Å². The summed E-state index contributed by atoms with van der Waals surface area (Å²) in [6, 6.07) is 25.3. The Hall–Kier alpha value is -3.46. The third-order valence-electron chi connectivity index (χ3n) is 6.31. The van der Waals surface area contributed by atoms with Gasteiger partial charge in [0.15, 0.2) is 0 Å². The van der Waals surface area contributed by atoms with Gasteiger partial charge < -0.3 is 14.8 Å². The van der Waals surface area contributed by atoms with Crippen molar-refractivity contribution < 1.29 is 9.47 Å². The lowest BCUT2D eigenvalue weighted by Crippen LogP contribution is -2.29. The van der Waals surface area contributed by atoms with Crippen molar-refractivity contribution in [1.82, 2.24) is 0 Å². The number of anilines is 1. The molecule has 0 spiro atoms. The van der Waals surface area contributed by atoms with Gasteiger partial charge in [0.05, 0.1) is 6.04 Å². The summed E-state index contributed by atoms with van der Waals surface area (Å²) in [6.45, 7) is 7.03. The van der Waals surface area contributed by atoms with Crippen LogP contribution in [0.1, 0.15) is 42.0 Å². The summed E-state index contributed by atoms with van der Waals surface area (Å²) in [4.78, 5) is 0. The summed E-state index contributed by atoms with van der Waals surface area (Å²) in [5, 5.41) is 3.82. The van der Waals surface area contributed by atoms with Crippen LogP contribution in [0.25, 0.3) is 0 Å². The number of hydrogen-bond acceptors (Lipinski definition) is 3. The average molecular weight is 424 g/mol. The number of nitrogens with one attached hydrogen (secondary N) is 1. The minimum absolute atomic E-state index is 0.191. The SMILES string of the molecule is C=C(C)COc1ccc2c(c1)C1C=CCC1C(c1ccccc1OCc1ccccc1)N2. The van der Waals surface area contributed by atoms with Crippen LogP contribution in [0.2, 0.25) is 0 Å². The van der Waals surface area contributed by atoms with Crippen LogP contribution in [0, 0.1) is 5.92 Å². The van der Waals surface area contributed by atoms with Crippen LogP contribution in [-0.2, 0) is 6.61 Å². The zero-order valence-corrected chi connectivity index (χ0v) is 18.5. The number of benzene rings is 3. The molecule has 1 aliphatic heterocycles. The lowest BCUT2D eigenvalue weighted by Gasteiger charge is -2.38. The summed E-state index contributed by atoms with van der Waals surface area (Å²) in [7, 11) is 0. The quantitative estimate of drug-likeness (QED) is 0.413. The van der Waals surface area contributed by atoms with Crippen molar-refractivity contribution in [2.75, 3.05) is 11.9 Å². The van der Waals surface area contributed by atoms with E-state index in [1.54, 1.807) is 0 Å². The number of hydrogen-bond donors (Lipinski definition) is 1. The molecule has 32 heavy (non-hydrogen) atoms. The van der Waals surface area contributed by atoms with E-state index >= 15 is 0 Å². The van der Waals surface area contributed by atoms with Crippen molar-refractivity contribution in [2.24, 2.45) is 5.92 Å². The second-order valence-electron chi connectivity index (χ2n) is 8.78. The van der Waals surface area contributed by atoms with Crippen molar-refractivity contribution in [1.29, 1.82) is 0 Å². The molecule has 3 heteroatoms. The molecule has 0 bridgehead atoms. The molecule has 3 aromatic carbocycles. The van der Waals surface area contributed by atoms with Crippen LogP contribution in [0.3, 0.4) is 0 Å². The molecule has 0 radical (unpaired) electrons. The van der Waals surface area contributed by atoms with Crippen LogP contribution < -0.4 is 14.8 Å². The highest BCUT2D eigenvalue weighted by Gasteiger charge is 2.39. The van der Waals surface area contributed by atoms with Gasteiger partial charge >= 0.3 is 0 Å². The van der Waals surface area contributed by atoms with Gasteiger partial charge in [-0.1, -0.05) is 67.3 Å². The number of fused-ring (bicyclic) bond motifs is 3. The van der Waals surface area contributed by atoms with Crippen molar-refractivity contribution in [3.8, 4) is 11.5 Å². The minimum atomic E-state index is 0.191. The Morgan fingerprint density at radius 3 is 2.62 bits per heavy atom. The van der Waals surface area contributed by atoms with Gasteiger partial charge in [-0.25, -0.2) is 0 Å². The standard InChI is InChI=1S/C29H29NO2/c1-20(2)18-31-22-15-16-27-26(17-22)23-12-8-13-24(23)29(30-27)25-11-6-7-14-28(25)32-19-21-9-4-3-5-10-21/h3-12,14-17,23-24,29-30H,1,13,18-19H2,2H3. The van der Waals surface area contributed by atoms with E-state index in [1.165, 1.54) is 22.4 Å². The summed E-state index contributed by atoms with van der Waals surface area (Å²) >= 11 is 0. The molecule has 0 amide bonds. The molecule has 1 aliphatic carbocycles. The van der Waals surface area contributed by atoms with Gasteiger partial charge in [-0.05, 0) is 60.2 Å². The topological polar surface area (TPSA) is 30.5 Å². The highest BCUT2D eigenvalue weighted by atomic mass is 16.5. The molecular formula is C29H29NO2. The van der Waals surface area contributed by atoms with E-state index in [1.807, 2.05) is 31.2 Å². The molecule has 162 valence electrons. The number of ether oxygens (including phenoxy) is 2. The molecule has 2 aliphatic rings. The third kappa shape index (κ3) is 4.16. The molecule has 0 saturated carbocycles. The smallest absolute Gasteiger partial charge is 0.125 e. The van der Waals surface area contributed by atoms with E-state index in [-0.39, 0.29) is 6.04 Å². The second-order valence-corrected chi connectivity index (χ2v) is 8.78. The maximum atomic E-state index is 6.30. The van der Waals surface area contributed by atoms with E-state index in [0.717, 1.165) is 23.5 Å². The molecule has 5 rings (SSSR count). The Labute approximate surface area is 190 Å². The van der Waals surface area contributed by atoms with E-state index < -0.39 is 0 Å². The van der Waals surface area contributed by atoms with Crippen LogP contribution in [0.15, 0.2) is 97.1 Å². The zero-order chi connectivity index (χ0) is 21.9. The predicted octanol–water partition coefficient (Wildman–Crippen LogP) is 7.05. The van der Waals surface area contributed by atoms with Crippen molar-refractivity contribution in [2.45, 2.75) is 31.9 Å². The Morgan fingerprint density at radius 1 is 0.969 bits per heavy atom. The number of para-hydroxylation sites is 1. The van der Waals surface area contributed by atoms with E-state index in [2.05, 4.69) is 72.6 Å². The Bertz CT molecular complexity index is 1130. The van der Waals surface area contributed by atoms with E-state index in [4.69, 9.17) is 9.47 Å². The molecule has 1 N–H and O–H groups in total. The molecule has 0 aromatic heterocycles. The third-order valence-corrected chi connectivity index (χ3v) is 6.31. The highest BCUT2D eigenvalue weighted by Crippen LogP contribution is 2.51. The largest absolute Gasteiger partial charge is 0.489 e. The summed E-state index contributed by atoms with van der Waals surface area (Å²) < 4.78 is 12.2. The maximum Gasteiger partial charge on any atom is 0.125 e. The fraction of sp³-hybridized carbons (Fsp3) is 0.241. The van der Waals surface area contributed by atoms with Crippen LogP contribution in [0.4, 0.5) is 5.69 Å². The Balaban J connectivity index is 1.42. The molecule has 3 nitrogen and oxygen atoms in total. The fourth-order valence-electron chi connectivity index (χ4n) is 4.78. The molecule has 3 atom stereocenters. The van der Waals surface area contributed by atoms with Crippen LogP contribution >= 0.6 is 0 Å². The molecule has 3 unspecified atom stereocenters. The predicted molar refractivity (Wildman–Crippen MR) is 130 cm³/mol. The first-order valence-electron chi connectivity index (χ1n) is 11.3. The van der Waals surface area contributed by atoms with Gasteiger partial charge in [-0.2, -0.15) is 0 Å². The van der Waals surface area contributed by atoms with Crippen molar-refractivity contribution >= 4 is 5.69 Å². The van der Waals surface area contributed by atoms with Gasteiger partial charge in [0, 0.05) is 17.2 Å². The van der Waals surface area contributed by atoms with Crippen molar-refractivity contribution in [3.05, 3.63) is 114 Å². The van der Waals surface area contributed by atoms with E-state index in [0.29, 0.717) is 25.0 Å². The molecular weight excluding hydrogens is 394 g/mol. The fourth-order valence-corrected chi connectivity index (χ4v) is 4.78. The zero-order valence-electron chi connectivity index (χ0n) is 18.5. The normalized spacial score (nSPS) is 20.7. The van der Waals surface area contributed by atoms with Gasteiger partial charge in [0.2, 0.25) is 0 Å². The van der Waals surface area contributed by atoms with E-state index in [9.17, 15) is 0 Å². The number of allylic oxidation sites excluding steroid dienone is 2. The maximum absolute atomic E-state index is 6.30. The minimum Gasteiger partial charge on any atom is -0.489 e. The summed E-state index contributed by atoms with van der Waals surface area (Å²) in [6.07, 6.45) is 5.72. The van der Waals surface area contributed by atoms with Gasteiger partial charge in [0.25, 0.3) is 0 Å². The lowest BCUT2D eigenvalue weighted by atomic mass is 9.77. The average Bonchev–Trinajstić information content (AvgIpc) is 3.32. The first-order valence-corrected chi connectivity index (χ1v) is 11.3. The number of rotatable bonds is 7.